The van der Waals surface area contributed by atoms with E-state index < -0.39 is 12.0 Å². The van der Waals surface area contributed by atoms with Gasteiger partial charge in [-0.2, -0.15) is 18.2 Å². The molecule has 1 aliphatic heterocycles. The Morgan fingerprint density at radius 2 is 2.10 bits per heavy atom. The van der Waals surface area contributed by atoms with Gasteiger partial charge >= 0.3 is 6.18 Å². The van der Waals surface area contributed by atoms with E-state index >= 15 is 0 Å². The minimum absolute atomic E-state index is 0.111. The van der Waals surface area contributed by atoms with E-state index in [-0.39, 0.29) is 24.1 Å². The van der Waals surface area contributed by atoms with Crippen molar-refractivity contribution in [1.29, 1.82) is 0 Å². The molecule has 3 aromatic rings. The number of carbonyl (C=O) groups excluding carboxylic acids is 1. The number of hydrogen-bond acceptors (Lipinski definition) is 5. The van der Waals surface area contributed by atoms with Gasteiger partial charge in [0.1, 0.15) is 5.75 Å². The Bertz CT molecular complexity index is 1160. The molecule has 3 heterocycles. The number of benzene rings is 1. The van der Waals surface area contributed by atoms with E-state index in [1.165, 1.54) is 0 Å². The Balaban J connectivity index is 1.50. The largest absolute Gasteiger partial charge is 0.493 e. The number of alkyl halides is 3. The zero-order valence-corrected chi connectivity index (χ0v) is 18.3. The predicted octanol–water partition coefficient (Wildman–Crippen LogP) is 4.10. The van der Waals surface area contributed by atoms with E-state index in [4.69, 9.17) is 4.74 Å². The fraction of sp³-hybridized carbons (Fsp3) is 0.400. The van der Waals surface area contributed by atoms with Gasteiger partial charge in [-0.3, -0.25) is 4.79 Å². The van der Waals surface area contributed by atoms with Gasteiger partial charge in [-0.25, -0.2) is 9.50 Å². The lowest BCUT2D eigenvalue weighted by Crippen LogP contribution is -2.32. The van der Waals surface area contributed by atoms with Gasteiger partial charge in [0.25, 0.3) is 11.6 Å². The molecule has 1 aromatic carbocycles. The summed E-state index contributed by atoms with van der Waals surface area (Å²) in [7, 11) is 0. The molecule has 0 spiro atoms. The Morgan fingerprint density at radius 3 is 2.84 bits per heavy atom. The minimum atomic E-state index is -4.65. The molecule has 0 bridgehead atoms. The average Bonchev–Trinajstić information content (AvgIpc) is 3.13. The smallest absolute Gasteiger partial charge is 0.453 e. The topological polar surface area (TPSA) is 81.4 Å². The second-order valence-corrected chi connectivity index (χ2v) is 8.26. The van der Waals surface area contributed by atoms with E-state index in [0.29, 0.717) is 36.4 Å². The molecule has 2 aromatic heterocycles. The Hall–Kier alpha value is -2.69. The van der Waals surface area contributed by atoms with Crippen LogP contribution < -0.4 is 10.1 Å². The molecule has 0 aliphatic carbocycles. The number of rotatable bonds is 4. The summed E-state index contributed by atoms with van der Waals surface area (Å²) in [6, 6.07) is 5.50. The molecule has 7 nitrogen and oxygen atoms in total. The number of amides is 1. The maximum absolute atomic E-state index is 12.9. The third-order valence-corrected chi connectivity index (χ3v) is 5.74. The van der Waals surface area contributed by atoms with Crippen molar-refractivity contribution in [2.24, 2.45) is 0 Å². The van der Waals surface area contributed by atoms with Crippen molar-refractivity contribution in [2.75, 3.05) is 6.61 Å². The van der Waals surface area contributed by atoms with Gasteiger partial charge in [0.05, 0.1) is 12.6 Å². The van der Waals surface area contributed by atoms with Crippen LogP contribution in [-0.4, -0.2) is 32.1 Å². The highest BCUT2D eigenvalue weighted by molar-refractivity contribution is 9.10. The van der Waals surface area contributed by atoms with Crippen LogP contribution in [0.15, 0.2) is 22.7 Å². The number of nitrogens with zero attached hydrogens (tertiary/aromatic N) is 4. The standard InChI is InChI=1S/C20H19BrF3N5O2/c1-10-13(11(2)29-19(25-10)27-18(28-29)20(22,23)24)4-6-17(30)26-15-7-8-31-16-5-3-12(21)9-14(15)16/h3,5,9,15H,4,6-8H2,1-2H3,(H,26,30). The number of aromatic nitrogens is 4. The van der Waals surface area contributed by atoms with Gasteiger partial charge in [0, 0.05) is 34.3 Å². The second-order valence-electron chi connectivity index (χ2n) is 7.35. The molecule has 4 rings (SSSR count). The van der Waals surface area contributed by atoms with E-state index in [1.54, 1.807) is 13.8 Å². The first-order chi connectivity index (χ1) is 14.6. The highest BCUT2D eigenvalue weighted by Crippen LogP contribution is 2.34. The summed E-state index contributed by atoms with van der Waals surface area (Å²) in [5, 5.41) is 6.57. The Labute approximate surface area is 184 Å². The predicted molar refractivity (Wildman–Crippen MR) is 109 cm³/mol. The van der Waals surface area contributed by atoms with Crippen molar-refractivity contribution in [3.63, 3.8) is 0 Å². The first-order valence-corrected chi connectivity index (χ1v) is 10.4. The number of nitrogens with one attached hydrogen (secondary N) is 1. The normalized spacial score (nSPS) is 16.1. The van der Waals surface area contributed by atoms with Crippen molar-refractivity contribution in [3.8, 4) is 5.75 Å². The molecular weight excluding hydrogens is 479 g/mol. The number of halogens is 4. The second kappa shape index (κ2) is 8.10. The number of fused-ring (bicyclic) bond motifs is 2. The van der Waals surface area contributed by atoms with Gasteiger partial charge in [0.2, 0.25) is 5.91 Å². The summed E-state index contributed by atoms with van der Waals surface area (Å²) in [4.78, 5) is 20.2. The summed E-state index contributed by atoms with van der Waals surface area (Å²) in [5.74, 6) is -0.763. The van der Waals surface area contributed by atoms with Crippen molar-refractivity contribution < 1.29 is 22.7 Å². The molecule has 1 amide bonds. The monoisotopic (exact) mass is 497 g/mol. The van der Waals surface area contributed by atoms with E-state index in [9.17, 15) is 18.0 Å². The Morgan fingerprint density at radius 1 is 1.32 bits per heavy atom. The highest BCUT2D eigenvalue weighted by atomic mass is 79.9. The minimum Gasteiger partial charge on any atom is -0.493 e. The quantitative estimate of drug-likeness (QED) is 0.586. The lowest BCUT2D eigenvalue weighted by molar-refractivity contribution is -0.144. The Kier molecular flexibility index (Phi) is 5.63. The molecule has 1 N–H and O–H groups in total. The van der Waals surface area contributed by atoms with Crippen molar-refractivity contribution in [3.05, 3.63) is 51.0 Å². The summed E-state index contributed by atoms with van der Waals surface area (Å²) in [6.45, 7) is 3.84. The molecule has 1 aliphatic rings. The lowest BCUT2D eigenvalue weighted by Gasteiger charge is -2.27. The van der Waals surface area contributed by atoms with Crippen LogP contribution in [0.4, 0.5) is 13.2 Å². The fourth-order valence-corrected chi connectivity index (χ4v) is 4.09. The van der Waals surface area contributed by atoms with Crippen LogP contribution in [0.2, 0.25) is 0 Å². The molecule has 0 saturated carbocycles. The van der Waals surface area contributed by atoms with E-state index in [2.05, 4.69) is 36.3 Å². The first-order valence-electron chi connectivity index (χ1n) is 9.65. The number of ether oxygens (including phenoxy) is 1. The molecule has 1 unspecified atom stereocenters. The van der Waals surface area contributed by atoms with Crippen LogP contribution in [0.1, 0.15) is 47.2 Å². The molecule has 164 valence electrons. The van der Waals surface area contributed by atoms with Crippen LogP contribution in [0.3, 0.4) is 0 Å². The third-order valence-electron chi connectivity index (χ3n) is 5.25. The van der Waals surface area contributed by atoms with E-state index in [1.807, 2.05) is 18.2 Å². The van der Waals surface area contributed by atoms with Crippen LogP contribution in [0, 0.1) is 13.8 Å². The molecule has 11 heteroatoms. The van der Waals surface area contributed by atoms with Crippen LogP contribution in [0.5, 0.6) is 5.75 Å². The number of carbonyl (C=O) groups is 1. The summed E-state index contributed by atoms with van der Waals surface area (Å²) in [5.41, 5.74) is 2.60. The molecule has 31 heavy (non-hydrogen) atoms. The van der Waals surface area contributed by atoms with Crippen LogP contribution >= 0.6 is 15.9 Å². The van der Waals surface area contributed by atoms with Crippen LogP contribution in [0.25, 0.3) is 5.78 Å². The summed E-state index contributed by atoms with van der Waals surface area (Å²) in [6.07, 6.45) is -3.51. The molecule has 0 saturated heterocycles. The molecule has 0 fully saturated rings. The maximum Gasteiger partial charge on any atom is 0.453 e. The van der Waals surface area contributed by atoms with Gasteiger partial charge in [-0.1, -0.05) is 15.9 Å². The van der Waals surface area contributed by atoms with E-state index in [0.717, 1.165) is 20.3 Å². The maximum atomic E-state index is 12.9. The van der Waals surface area contributed by atoms with Crippen molar-refractivity contribution in [2.45, 2.75) is 45.3 Å². The SMILES string of the molecule is Cc1nc2nc(C(F)(F)F)nn2c(C)c1CCC(=O)NC1CCOc2ccc(Br)cc21. The molecule has 1 atom stereocenters. The number of aryl methyl sites for hydroxylation is 2. The van der Waals surface area contributed by atoms with Crippen LogP contribution in [-0.2, 0) is 17.4 Å². The van der Waals surface area contributed by atoms with Gasteiger partial charge in [-0.05, 0) is 44.0 Å². The first kappa shape index (κ1) is 21.5. The van der Waals surface area contributed by atoms with Gasteiger partial charge < -0.3 is 10.1 Å². The summed E-state index contributed by atoms with van der Waals surface area (Å²) >= 11 is 3.44. The zero-order chi connectivity index (χ0) is 22.3. The average molecular weight is 498 g/mol. The summed E-state index contributed by atoms with van der Waals surface area (Å²) < 4.78 is 46.4. The highest BCUT2D eigenvalue weighted by Gasteiger charge is 2.37. The van der Waals surface area contributed by atoms with Crippen molar-refractivity contribution >= 4 is 27.6 Å². The van der Waals surface area contributed by atoms with Gasteiger partial charge in [-0.15, -0.1) is 5.10 Å². The number of hydrogen-bond donors (Lipinski definition) is 1. The fourth-order valence-electron chi connectivity index (χ4n) is 3.71. The van der Waals surface area contributed by atoms with Gasteiger partial charge in [0.15, 0.2) is 0 Å². The zero-order valence-electron chi connectivity index (χ0n) is 16.8. The van der Waals surface area contributed by atoms with Crippen molar-refractivity contribution in [1.82, 2.24) is 24.9 Å². The third kappa shape index (κ3) is 4.36. The molecule has 0 radical (unpaired) electrons. The lowest BCUT2D eigenvalue weighted by atomic mass is 10.00. The molecular formula is C20H19BrF3N5O2.